The first kappa shape index (κ1) is 25.2. The van der Waals surface area contributed by atoms with Crippen LogP contribution >= 0.6 is 0 Å². The second kappa shape index (κ2) is 14.2. The van der Waals surface area contributed by atoms with Gasteiger partial charge in [0.2, 0.25) is 0 Å². The van der Waals surface area contributed by atoms with Crippen LogP contribution in [0.4, 0.5) is 0 Å². The minimum Gasteiger partial charge on any atom is -0.0683 e. The molecule has 0 radical (unpaired) electrons. The SMILES string of the molecule is CC.CCCC(C)CCC.CCc1ccc2c(c1)C=C(c1cccc(C)c1)CC2. The number of rotatable bonds is 6. The molecule has 0 N–H and O–H groups in total. The Balaban J connectivity index is 0.000000358. The van der Waals surface area contributed by atoms with Crippen LogP contribution < -0.4 is 0 Å². The molecule has 2 aromatic carbocycles. The van der Waals surface area contributed by atoms with E-state index in [1.807, 2.05) is 13.8 Å². The molecule has 0 fully saturated rings. The average Bonchev–Trinajstić information content (AvgIpc) is 2.75. The van der Waals surface area contributed by atoms with E-state index in [1.54, 1.807) is 0 Å². The van der Waals surface area contributed by atoms with Gasteiger partial charge in [0, 0.05) is 0 Å². The van der Waals surface area contributed by atoms with Crippen LogP contribution in [0.15, 0.2) is 42.5 Å². The topological polar surface area (TPSA) is 0 Å². The molecule has 0 saturated carbocycles. The molecule has 0 amide bonds. The maximum absolute atomic E-state index is 2.38. The van der Waals surface area contributed by atoms with E-state index in [1.165, 1.54) is 65.5 Å². The molecule has 1 aliphatic rings. The summed E-state index contributed by atoms with van der Waals surface area (Å²) in [5, 5.41) is 0. The molecule has 0 unspecified atom stereocenters. The first-order valence-corrected chi connectivity index (χ1v) is 12.0. The summed E-state index contributed by atoms with van der Waals surface area (Å²) in [6, 6.07) is 15.8. The lowest BCUT2D eigenvalue weighted by molar-refractivity contribution is 0.480. The van der Waals surface area contributed by atoms with E-state index in [0.717, 1.165) is 18.8 Å². The van der Waals surface area contributed by atoms with E-state index in [9.17, 15) is 0 Å². The quantitative estimate of drug-likeness (QED) is 0.459. The highest BCUT2D eigenvalue weighted by molar-refractivity contribution is 5.84. The van der Waals surface area contributed by atoms with Crippen LogP contribution in [0.2, 0.25) is 0 Å². The van der Waals surface area contributed by atoms with Gasteiger partial charge in [-0.1, -0.05) is 121 Å². The number of allylic oxidation sites excluding steroid dienone is 1. The molecule has 0 atom stereocenters. The van der Waals surface area contributed by atoms with Crippen LogP contribution in [-0.4, -0.2) is 0 Å². The van der Waals surface area contributed by atoms with Gasteiger partial charge in [0.15, 0.2) is 0 Å². The molecule has 0 saturated heterocycles. The Morgan fingerprint density at radius 1 is 0.862 bits per heavy atom. The third-order valence-corrected chi connectivity index (χ3v) is 5.56. The highest BCUT2D eigenvalue weighted by Gasteiger charge is 2.12. The molecule has 3 rings (SSSR count). The normalized spacial score (nSPS) is 12.2. The molecular weight excluding hydrogens is 348 g/mol. The van der Waals surface area contributed by atoms with Crippen molar-refractivity contribution in [1.82, 2.24) is 0 Å². The molecule has 1 aliphatic carbocycles. The predicted molar refractivity (Wildman–Crippen MR) is 134 cm³/mol. The number of hydrogen-bond acceptors (Lipinski definition) is 0. The summed E-state index contributed by atoms with van der Waals surface area (Å²) < 4.78 is 0. The molecular formula is C29H44. The molecule has 0 aromatic heterocycles. The maximum atomic E-state index is 2.38. The van der Waals surface area contributed by atoms with Crippen LogP contribution in [0.25, 0.3) is 11.6 Å². The zero-order chi connectivity index (χ0) is 21.6. The molecule has 2 aromatic rings. The summed E-state index contributed by atoms with van der Waals surface area (Å²) >= 11 is 0. The van der Waals surface area contributed by atoms with Crippen LogP contribution in [0.3, 0.4) is 0 Å². The molecule has 29 heavy (non-hydrogen) atoms. The Bertz CT molecular complexity index is 729. The largest absolute Gasteiger partial charge is 0.0683 e. The van der Waals surface area contributed by atoms with Crippen molar-refractivity contribution in [2.75, 3.05) is 0 Å². The first-order valence-electron chi connectivity index (χ1n) is 12.0. The van der Waals surface area contributed by atoms with Gasteiger partial charge in [0.05, 0.1) is 0 Å². The summed E-state index contributed by atoms with van der Waals surface area (Å²) in [6.45, 7) is 15.2. The number of hydrogen-bond donors (Lipinski definition) is 0. The zero-order valence-electron chi connectivity index (χ0n) is 20.1. The number of benzene rings is 2. The second-order valence-corrected chi connectivity index (χ2v) is 8.11. The van der Waals surface area contributed by atoms with Crippen molar-refractivity contribution in [3.8, 4) is 0 Å². The predicted octanol–water partition coefficient (Wildman–Crippen LogP) is 9.29. The lowest BCUT2D eigenvalue weighted by atomic mass is 9.87. The molecule has 160 valence electrons. The second-order valence-electron chi connectivity index (χ2n) is 8.11. The Kier molecular flexibility index (Phi) is 12.4. The Morgan fingerprint density at radius 2 is 1.55 bits per heavy atom. The van der Waals surface area contributed by atoms with Crippen molar-refractivity contribution in [3.63, 3.8) is 0 Å². The van der Waals surface area contributed by atoms with Gasteiger partial charge in [-0.2, -0.15) is 0 Å². The van der Waals surface area contributed by atoms with E-state index in [4.69, 9.17) is 0 Å². The van der Waals surface area contributed by atoms with E-state index >= 15 is 0 Å². The summed E-state index contributed by atoms with van der Waals surface area (Å²) in [4.78, 5) is 0. The third-order valence-electron chi connectivity index (χ3n) is 5.56. The van der Waals surface area contributed by atoms with Gasteiger partial charge in [-0.3, -0.25) is 0 Å². The lowest BCUT2D eigenvalue weighted by Gasteiger charge is -2.18. The van der Waals surface area contributed by atoms with Crippen molar-refractivity contribution in [3.05, 3.63) is 70.3 Å². The maximum Gasteiger partial charge on any atom is -0.0219 e. The van der Waals surface area contributed by atoms with Gasteiger partial charge >= 0.3 is 0 Å². The molecule has 0 aliphatic heterocycles. The van der Waals surface area contributed by atoms with Crippen molar-refractivity contribution in [2.45, 2.75) is 93.4 Å². The van der Waals surface area contributed by atoms with Gasteiger partial charge in [-0.25, -0.2) is 0 Å². The molecule has 0 heteroatoms. The van der Waals surface area contributed by atoms with Crippen molar-refractivity contribution >= 4 is 11.6 Å². The van der Waals surface area contributed by atoms with Crippen molar-refractivity contribution < 1.29 is 0 Å². The Labute approximate surface area is 181 Å². The van der Waals surface area contributed by atoms with Gasteiger partial charge < -0.3 is 0 Å². The van der Waals surface area contributed by atoms with Gasteiger partial charge in [-0.15, -0.1) is 0 Å². The Hall–Kier alpha value is -1.82. The van der Waals surface area contributed by atoms with E-state index in [0.29, 0.717) is 0 Å². The summed E-state index contributed by atoms with van der Waals surface area (Å²) in [7, 11) is 0. The fraction of sp³-hybridized carbons (Fsp3) is 0.517. The van der Waals surface area contributed by atoms with Crippen LogP contribution in [0, 0.1) is 12.8 Å². The Morgan fingerprint density at radius 3 is 2.14 bits per heavy atom. The standard InChI is InChI=1S/C19H20.C8H18.C2H6/c1-3-15-7-8-16-9-10-18(13-19(16)12-15)17-6-4-5-14(2)11-17;1-4-6-8(3)7-5-2;1-2/h4-8,11-13H,3,9-10H2,1-2H3;8H,4-7H2,1-3H3;1-2H3. The number of aryl methyl sites for hydroxylation is 3. The fourth-order valence-corrected chi connectivity index (χ4v) is 3.96. The molecule has 0 bridgehead atoms. The van der Waals surface area contributed by atoms with Gasteiger partial charge in [0.1, 0.15) is 0 Å². The lowest BCUT2D eigenvalue weighted by Crippen LogP contribution is -2.00. The highest BCUT2D eigenvalue weighted by Crippen LogP contribution is 2.31. The van der Waals surface area contributed by atoms with Gasteiger partial charge in [0.25, 0.3) is 0 Å². The molecule has 0 spiro atoms. The van der Waals surface area contributed by atoms with E-state index < -0.39 is 0 Å². The highest BCUT2D eigenvalue weighted by atomic mass is 14.2. The molecule has 0 heterocycles. The van der Waals surface area contributed by atoms with E-state index in [-0.39, 0.29) is 0 Å². The third kappa shape index (κ3) is 8.60. The van der Waals surface area contributed by atoms with Crippen molar-refractivity contribution in [1.29, 1.82) is 0 Å². The molecule has 0 nitrogen and oxygen atoms in total. The van der Waals surface area contributed by atoms with Gasteiger partial charge in [-0.05, 0) is 59.9 Å². The van der Waals surface area contributed by atoms with Crippen LogP contribution in [-0.2, 0) is 12.8 Å². The van der Waals surface area contributed by atoms with Crippen LogP contribution in [0.5, 0.6) is 0 Å². The van der Waals surface area contributed by atoms with Crippen LogP contribution in [0.1, 0.15) is 101 Å². The summed E-state index contributed by atoms with van der Waals surface area (Å²) in [5.41, 5.74) is 8.54. The smallest absolute Gasteiger partial charge is 0.0219 e. The van der Waals surface area contributed by atoms with Crippen molar-refractivity contribution in [2.24, 2.45) is 5.92 Å². The number of fused-ring (bicyclic) bond motifs is 1. The minimum absolute atomic E-state index is 0.963. The summed E-state index contributed by atoms with van der Waals surface area (Å²) in [6.07, 6.45) is 11.3. The fourth-order valence-electron chi connectivity index (χ4n) is 3.96. The average molecular weight is 393 g/mol. The first-order chi connectivity index (χ1) is 14.1. The minimum atomic E-state index is 0.963. The monoisotopic (exact) mass is 392 g/mol. The summed E-state index contributed by atoms with van der Waals surface area (Å²) in [5.74, 6) is 0.963. The zero-order valence-corrected chi connectivity index (χ0v) is 20.1. The van der Waals surface area contributed by atoms with E-state index in [2.05, 4.69) is 83.2 Å².